The van der Waals surface area contributed by atoms with E-state index in [1.165, 1.54) is 5.56 Å². The largest absolute Gasteiger partial charge is 0.462 e. The fraction of sp³-hybridized carbons (Fsp3) is 0.562. The van der Waals surface area contributed by atoms with Gasteiger partial charge < -0.3 is 4.74 Å². The van der Waals surface area contributed by atoms with Crippen LogP contribution in [0.4, 0.5) is 0 Å². The third kappa shape index (κ3) is 2.39. The molecular weight excluding hydrogens is 238 g/mol. The molecule has 1 saturated carbocycles. The smallest absolute Gasteiger partial charge is 0.326 e. The maximum absolute atomic E-state index is 12.2. The number of benzene rings is 1. The molecule has 1 N–H and O–H groups in total. The molecule has 1 aromatic rings. The Balaban J connectivity index is 1.79. The van der Waals surface area contributed by atoms with E-state index in [4.69, 9.17) is 4.74 Å². The topological polar surface area (TPSA) is 38.3 Å². The van der Waals surface area contributed by atoms with Crippen LogP contribution in [0.1, 0.15) is 44.2 Å². The summed E-state index contributed by atoms with van der Waals surface area (Å²) in [5.74, 6) is 0.670. The van der Waals surface area contributed by atoms with Crippen LogP contribution in [0.2, 0.25) is 0 Å². The summed E-state index contributed by atoms with van der Waals surface area (Å²) in [4.78, 5) is 12.2. The van der Waals surface area contributed by atoms with E-state index in [2.05, 4.69) is 24.4 Å². The Hall–Kier alpha value is -1.35. The number of ether oxygens (including phenoxy) is 1. The van der Waals surface area contributed by atoms with Crippen molar-refractivity contribution in [2.24, 2.45) is 5.92 Å². The molecular formula is C16H21NO2. The van der Waals surface area contributed by atoms with Gasteiger partial charge in [-0.3, -0.25) is 10.1 Å². The van der Waals surface area contributed by atoms with Crippen LogP contribution < -0.4 is 5.32 Å². The Morgan fingerprint density at radius 3 is 2.58 bits per heavy atom. The zero-order valence-corrected chi connectivity index (χ0v) is 11.4. The molecule has 0 aromatic heterocycles. The number of morpholine rings is 1. The van der Waals surface area contributed by atoms with Crippen molar-refractivity contribution in [1.82, 2.24) is 5.32 Å². The molecule has 1 saturated heterocycles. The van der Waals surface area contributed by atoms with Gasteiger partial charge in [0.15, 0.2) is 0 Å². The van der Waals surface area contributed by atoms with Crippen LogP contribution in [0, 0.1) is 5.92 Å². The molecule has 3 heteroatoms. The lowest BCUT2D eigenvalue weighted by Gasteiger charge is -2.44. The monoisotopic (exact) mass is 259 g/mol. The van der Waals surface area contributed by atoms with Crippen molar-refractivity contribution < 1.29 is 9.53 Å². The molecule has 1 atom stereocenters. The predicted molar refractivity (Wildman–Crippen MR) is 73.6 cm³/mol. The maximum Gasteiger partial charge on any atom is 0.326 e. The van der Waals surface area contributed by atoms with E-state index in [1.54, 1.807) is 0 Å². The van der Waals surface area contributed by atoms with Crippen LogP contribution in [0.25, 0.3) is 0 Å². The molecule has 3 rings (SSSR count). The first-order chi connectivity index (χ1) is 9.20. The molecule has 1 aliphatic carbocycles. The van der Waals surface area contributed by atoms with E-state index in [0.717, 1.165) is 31.6 Å². The van der Waals surface area contributed by atoms with Gasteiger partial charge in [0, 0.05) is 0 Å². The van der Waals surface area contributed by atoms with E-state index < -0.39 is 5.54 Å². The summed E-state index contributed by atoms with van der Waals surface area (Å²) in [6.07, 6.45) is 4.00. The summed E-state index contributed by atoms with van der Waals surface area (Å²) in [6, 6.07) is 10.4. The molecule has 0 unspecified atom stereocenters. The molecule has 0 bridgehead atoms. The molecule has 2 aliphatic rings. The number of esters is 1. The molecule has 2 fully saturated rings. The van der Waals surface area contributed by atoms with Crippen molar-refractivity contribution in [3.63, 3.8) is 0 Å². The number of hydrogen-bond donors (Lipinski definition) is 1. The third-order valence-corrected chi connectivity index (χ3v) is 4.55. The van der Waals surface area contributed by atoms with E-state index in [1.807, 2.05) is 18.2 Å². The minimum Gasteiger partial charge on any atom is -0.462 e. The van der Waals surface area contributed by atoms with Gasteiger partial charge >= 0.3 is 5.97 Å². The number of carbonyl (C=O) groups is 1. The van der Waals surface area contributed by atoms with E-state index in [0.29, 0.717) is 6.61 Å². The molecule has 19 heavy (non-hydrogen) atoms. The van der Waals surface area contributed by atoms with E-state index in [-0.39, 0.29) is 12.0 Å². The first kappa shape index (κ1) is 12.7. The van der Waals surface area contributed by atoms with Crippen LogP contribution in [0.5, 0.6) is 0 Å². The number of hydrogen-bond acceptors (Lipinski definition) is 3. The van der Waals surface area contributed by atoms with Crippen LogP contribution >= 0.6 is 0 Å². The van der Waals surface area contributed by atoms with Gasteiger partial charge in [0.2, 0.25) is 0 Å². The van der Waals surface area contributed by atoms with E-state index in [9.17, 15) is 4.79 Å². The summed E-state index contributed by atoms with van der Waals surface area (Å²) in [5, 5.41) is 3.58. The fourth-order valence-corrected chi connectivity index (χ4v) is 3.20. The molecule has 0 amide bonds. The second kappa shape index (κ2) is 4.97. The quantitative estimate of drug-likeness (QED) is 0.788. The normalized spacial score (nSPS) is 35.1. The van der Waals surface area contributed by atoms with Gasteiger partial charge in [0.1, 0.15) is 12.1 Å². The second-order valence-electron chi connectivity index (χ2n) is 5.97. The molecule has 1 heterocycles. The Morgan fingerprint density at radius 2 is 1.89 bits per heavy atom. The summed E-state index contributed by atoms with van der Waals surface area (Å²) in [5.41, 5.74) is 0.763. The molecule has 1 aromatic carbocycles. The van der Waals surface area contributed by atoms with Gasteiger partial charge in [-0.05, 0) is 37.2 Å². The Kier molecular flexibility index (Phi) is 3.31. The Labute approximate surface area is 114 Å². The predicted octanol–water partition coefficient (Wildman–Crippen LogP) is 2.82. The van der Waals surface area contributed by atoms with Crippen molar-refractivity contribution in [2.75, 3.05) is 6.61 Å². The van der Waals surface area contributed by atoms with Gasteiger partial charge in [-0.25, -0.2) is 0 Å². The van der Waals surface area contributed by atoms with Crippen LogP contribution in [-0.4, -0.2) is 18.1 Å². The van der Waals surface area contributed by atoms with Crippen molar-refractivity contribution in [3.05, 3.63) is 35.9 Å². The molecule has 102 valence electrons. The number of rotatable bonds is 1. The van der Waals surface area contributed by atoms with Gasteiger partial charge in [0.25, 0.3) is 0 Å². The number of carbonyl (C=O) groups excluding carboxylic acids is 1. The third-order valence-electron chi connectivity index (χ3n) is 4.55. The zero-order valence-electron chi connectivity index (χ0n) is 11.4. The average Bonchev–Trinajstić information content (AvgIpc) is 2.46. The summed E-state index contributed by atoms with van der Waals surface area (Å²) in [7, 11) is 0. The number of cyclic esters (lactones) is 1. The van der Waals surface area contributed by atoms with Crippen molar-refractivity contribution in [3.8, 4) is 0 Å². The van der Waals surface area contributed by atoms with Crippen molar-refractivity contribution in [2.45, 2.75) is 44.2 Å². The summed E-state index contributed by atoms with van der Waals surface area (Å²) >= 11 is 0. The van der Waals surface area contributed by atoms with E-state index >= 15 is 0 Å². The lowest BCUT2D eigenvalue weighted by atomic mass is 9.76. The van der Waals surface area contributed by atoms with Crippen LogP contribution in [-0.2, 0) is 9.53 Å². The number of nitrogens with one attached hydrogen (secondary N) is 1. The second-order valence-corrected chi connectivity index (χ2v) is 5.97. The highest BCUT2D eigenvalue weighted by atomic mass is 16.5. The molecule has 1 spiro atoms. The minimum absolute atomic E-state index is 0.0495. The zero-order chi connectivity index (χ0) is 13.3. The highest BCUT2D eigenvalue weighted by Gasteiger charge is 2.46. The molecule has 3 nitrogen and oxygen atoms in total. The Bertz CT molecular complexity index is 449. The lowest BCUT2D eigenvalue weighted by molar-refractivity contribution is -0.161. The first-order valence-electron chi connectivity index (χ1n) is 7.19. The summed E-state index contributed by atoms with van der Waals surface area (Å²) < 4.78 is 5.47. The maximum atomic E-state index is 12.2. The molecule has 1 aliphatic heterocycles. The van der Waals surface area contributed by atoms with Crippen molar-refractivity contribution in [1.29, 1.82) is 0 Å². The lowest BCUT2D eigenvalue weighted by Crippen LogP contribution is -2.60. The molecule has 0 radical (unpaired) electrons. The highest BCUT2D eigenvalue weighted by molar-refractivity contribution is 5.82. The van der Waals surface area contributed by atoms with Gasteiger partial charge in [0.05, 0.1) is 6.04 Å². The van der Waals surface area contributed by atoms with Crippen molar-refractivity contribution >= 4 is 5.97 Å². The van der Waals surface area contributed by atoms with Crippen LogP contribution in [0.15, 0.2) is 30.3 Å². The Morgan fingerprint density at radius 1 is 1.21 bits per heavy atom. The van der Waals surface area contributed by atoms with Crippen LogP contribution in [0.3, 0.4) is 0 Å². The first-order valence-corrected chi connectivity index (χ1v) is 7.19. The summed E-state index contributed by atoms with van der Waals surface area (Å²) in [6.45, 7) is 2.70. The van der Waals surface area contributed by atoms with Gasteiger partial charge in [-0.1, -0.05) is 37.3 Å². The SMILES string of the molecule is CC1CCC2(CC1)N[C@H](c1ccccc1)COC2=O. The van der Waals surface area contributed by atoms with Gasteiger partial charge in [-0.2, -0.15) is 0 Å². The fourth-order valence-electron chi connectivity index (χ4n) is 3.20. The highest BCUT2D eigenvalue weighted by Crippen LogP contribution is 2.37. The van der Waals surface area contributed by atoms with Gasteiger partial charge in [-0.15, -0.1) is 0 Å². The average molecular weight is 259 g/mol. The minimum atomic E-state index is -0.439. The standard InChI is InChI=1S/C16H21NO2/c1-12-7-9-16(10-8-12)15(18)19-11-14(17-16)13-5-3-2-4-6-13/h2-6,12,14,17H,7-11H2,1H3/t12?,14-,16?/m0/s1.